The molecular weight excluding hydrogens is 501 g/mol. The number of benzene rings is 2. The van der Waals surface area contributed by atoms with Gasteiger partial charge in [0.2, 0.25) is 0 Å². The van der Waals surface area contributed by atoms with Crippen molar-refractivity contribution in [2.24, 2.45) is 0 Å². The third kappa shape index (κ3) is 3.42. The molecule has 6 nitrogen and oxygen atoms in total. The summed E-state index contributed by atoms with van der Waals surface area (Å²) < 4.78 is 17.0. The summed E-state index contributed by atoms with van der Waals surface area (Å²) in [5.41, 5.74) is 3.67. The molecule has 2 aliphatic rings. The van der Waals surface area contributed by atoms with Crippen LogP contribution >= 0.6 is 27.5 Å². The van der Waals surface area contributed by atoms with Gasteiger partial charge in [-0.1, -0.05) is 39.7 Å². The lowest BCUT2D eigenvalue weighted by molar-refractivity contribution is -0.142. The highest BCUT2D eigenvalue weighted by Gasteiger charge is 2.38. The SMILES string of the molecule is O=C(O)C1Cc2ccc(Br)cc2CN1C(=O)c1nn(-c2cccc(Cl)c2F)c2c1CCC2. The molecule has 0 bridgehead atoms. The number of nitrogens with zero attached hydrogens (tertiary/aromatic N) is 3. The second-order valence-corrected chi connectivity index (χ2v) is 9.34. The molecule has 1 amide bonds. The molecule has 3 aromatic rings. The Morgan fingerprint density at radius 3 is 2.78 bits per heavy atom. The highest BCUT2D eigenvalue weighted by atomic mass is 79.9. The largest absolute Gasteiger partial charge is 0.480 e. The van der Waals surface area contributed by atoms with Crippen molar-refractivity contribution in [1.82, 2.24) is 14.7 Å². The lowest BCUT2D eigenvalue weighted by atomic mass is 9.93. The molecule has 1 aromatic heterocycles. The summed E-state index contributed by atoms with van der Waals surface area (Å²) in [5, 5.41) is 14.3. The van der Waals surface area contributed by atoms with E-state index in [-0.39, 0.29) is 29.4 Å². The number of carbonyl (C=O) groups is 2. The van der Waals surface area contributed by atoms with Crippen molar-refractivity contribution in [3.8, 4) is 5.69 Å². The highest BCUT2D eigenvalue weighted by Crippen LogP contribution is 2.33. The number of aromatic nitrogens is 2. The van der Waals surface area contributed by atoms with Gasteiger partial charge in [-0.05, 0) is 54.7 Å². The van der Waals surface area contributed by atoms with E-state index in [1.807, 2.05) is 18.2 Å². The number of hydrogen-bond acceptors (Lipinski definition) is 3. The fourth-order valence-electron chi connectivity index (χ4n) is 4.59. The van der Waals surface area contributed by atoms with Crippen LogP contribution in [0.4, 0.5) is 4.39 Å². The van der Waals surface area contributed by atoms with Crippen molar-refractivity contribution >= 4 is 39.4 Å². The molecule has 0 saturated heterocycles. The number of aliphatic carboxylic acids is 1. The summed E-state index contributed by atoms with van der Waals surface area (Å²) >= 11 is 9.40. The van der Waals surface area contributed by atoms with Gasteiger partial charge in [0.25, 0.3) is 5.91 Å². The number of amides is 1. The number of fused-ring (bicyclic) bond motifs is 2. The highest BCUT2D eigenvalue weighted by molar-refractivity contribution is 9.10. The lowest BCUT2D eigenvalue weighted by Crippen LogP contribution is -2.49. The number of carbonyl (C=O) groups excluding carboxylic acids is 1. The van der Waals surface area contributed by atoms with Crippen molar-refractivity contribution in [2.45, 2.75) is 38.3 Å². The minimum absolute atomic E-state index is 0.0261. The first kappa shape index (κ1) is 21.2. The first-order chi connectivity index (χ1) is 15.3. The van der Waals surface area contributed by atoms with Crippen LogP contribution < -0.4 is 0 Å². The Balaban J connectivity index is 1.58. The minimum Gasteiger partial charge on any atom is -0.480 e. The zero-order valence-electron chi connectivity index (χ0n) is 16.8. The van der Waals surface area contributed by atoms with E-state index in [9.17, 15) is 19.1 Å². The van der Waals surface area contributed by atoms with Crippen LogP contribution in [0, 0.1) is 5.82 Å². The molecule has 1 N–H and O–H groups in total. The summed E-state index contributed by atoms with van der Waals surface area (Å²) in [6.45, 7) is 0.164. The topological polar surface area (TPSA) is 75.4 Å². The summed E-state index contributed by atoms with van der Waals surface area (Å²) in [7, 11) is 0. The molecular formula is C23H18BrClFN3O3. The molecule has 1 atom stereocenters. The van der Waals surface area contributed by atoms with Crippen molar-refractivity contribution in [3.63, 3.8) is 0 Å². The van der Waals surface area contributed by atoms with Crippen LogP contribution in [0.5, 0.6) is 0 Å². The predicted octanol–water partition coefficient (Wildman–Crippen LogP) is 4.57. The van der Waals surface area contributed by atoms with Crippen LogP contribution in [0.3, 0.4) is 0 Å². The summed E-state index contributed by atoms with van der Waals surface area (Å²) in [6.07, 6.45) is 2.31. The van der Waals surface area contributed by atoms with E-state index in [1.165, 1.54) is 15.6 Å². The second-order valence-electron chi connectivity index (χ2n) is 8.02. The molecule has 9 heteroatoms. The number of rotatable bonds is 3. The lowest BCUT2D eigenvalue weighted by Gasteiger charge is -2.34. The van der Waals surface area contributed by atoms with Gasteiger partial charge in [-0.15, -0.1) is 0 Å². The number of halogens is 3. The fraction of sp³-hybridized carbons (Fsp3) is 0.261. The third-order valence-electron chi connectivity index (χ3n) is 6.14. The van der Waals surface area contributed by atoms with Gasteiger partial charge in [0, 0.05) is 28.7 Å². The number of carboxylic acid groups (broad SMARTS) is 1. The molecule has 1 unspecified atom stereocenters. The zero-order chi connectivity index (χ0) is 22.6. The molecule has 0 radical (unpaired) electrons. The average molecular weight is 519 g/mol. The average Bonchev–Trinajstić information content (AvgIpc) is 3.37. The Bertz CT molecular complexity index is 1280. The van der Waals surface area contributed by atoms with Crippen molar-refractivity contribution in [1.29, 1.82) is 0 Å². The molecule has 0 fully saturated rings. The van der Waals surface area contributed by atoms with Gasteiger partial charge in [0.1, 0.15) is 11.7 Å². The standard InChI is InChI=1S/C23H18BrClFN3O3/c24-14-8-7-12-10-19(23(31)32)28(11-13(12)9-14)22(30)21-15-3-1-5-17(15)29(27-21)18-6-2-4-16(25)20(18)26/h2,4,6-9,19H,1,3,5,10-11H2,(H,31,32). The second kappa shape index (κ2) is 8.01. The van der Waals surface area contributed by atoms with Crippen LogP contribution in [-0.4, -0.2) is 37.7 Å². The molecule has 2 aromatic carbocycles. The summed E-state index contributed by atoms with van der Waals surface area (Å²) in [4.78, 5) is 27.0. The van der Waals surface area contributed by atoms with E-state index < -0.39 is 23.7 Å². The molecule has 1 aliphatic carbocycles. The zero-order valence-corrected chi connectivity index (χ0v) is 19.2. The first-order valence-corrected chi connectivity index (χ1v) is 11.4. The maximum absolute atomic E-state index is 14.7. The van der Waals surface area contributed by atoms with Crippen LogP contribution in [-0.2, 0) is 30.6 Å². The van der Waals surface area contributed by atoms with Gasteiger partial charge in [0.15, 0.2) is 11.5 Å². The Hall–Kier alpha value is -2.71. The Kier molecular flexibility index (Phi) is 5.29. The molecule has 2 heterocycles. The van der Waals surface area contributed by atoms with E-state index in [0.29, 0.717) is 12.8 Å². The quantitative estimate of drug-likeness (QED) is 0.551. The van der Waals surface area contributed by atoms with E-state index in [0.717, 1.165) is 33.3 Å². The van der Waals surface area contributed by atoms with Gasteiger partial charge < -0.3 is 10.0 Å². The molecule has 1 aliphatic heterocycles. The molecule has 0 saturated carbocycles. The van der Waals surface area contributed by atoms with Crippen LogP contribution in [0.15, 0.2) is 40.9 Å². The Morgan fingerprint density at radius 2 is 2.00 bits per heavy atom. The first-order valence-electron chi connectivity index (χ1n) is 10.2. The van der Waals surface area contributed by atoms with Gasteiger partial charge in [-0.2, -0.15) is 5.10 Å². The normalized spacial score (nSPS) is 17.2. The van der Waals surface area contributed by atoms with Crippen LogP contribution in [0.25, 0.3) is 5.69 Å². The van der Waals surface area contributed by atoms with E-state index in [1.54, 1.807) is 12.1 Å². The molecule has 32 heavy (non-hydrogen) atoms. The van der Waals surface area contributed by atoms with Crippen molar-refractivity contribution in [3.05, 3.63) is 79.8 Å². The van der Waals surface area contributed by atoms with Crippen molar-refractivity contribution in [2.75, 3.05) is 0 Å². The van der Waals surface area contributed by atoms with E-state index >= 15 is 0 Å². The minimum atomic E-state index is -1.07. The maximum atomic E-state index is 14.7. The smallest absolute Gasteiger partial charge is 0.326 e. The summed E-state index contributed by atoms with van der Waals surface area (Å²) in [6, 6.07) is 9.30. The predicted molar refractivity (Wildman–Crippen MR) is 120 cm³/mol. The fourth-order valence-corrected chi connectivity index (χ4v) is 5.17. The molecule has 164 valence electrons. The monoisotopic (exact) mass is 517 g/mol. The number of hydrogen-bond donors (Lipinski definition) is 1. The van der Waals surface area contributed by atoms with Crippen LogP contribution in [0.1, 0.15) is 39.3 Å². The summed E-state index contributed by atoms with van der Waals surface area (Å²) in [5.74, 6) is -2.13. The number of carboxylic acids is 1. The maximum Gasteiger partial charge on any atom is 0.326 e. The third-order valence-corrected chi connectivity index (χ3v) is 6.92. The van der Waals surface area contributed by atoms with Gasteiger partial charge >= 0.3 is 5.97 Å². The Labute approximate surface area is 196 Å². The van der Waals surface area contributed by atoms with Gasteiger partial charge in [-0.3, -0.25) is 4.79 Å². The van der Waals surface area contributed by atoms with Crippen molar-refractivity contribution < 1.29 is 19.1 Å². The Morgan fingerprint density at radius 1 is 1.19 bits per heavy atom. The van der Waals surface area contributed by atoms with Gasteiger partial charge in [0.05, 0.1) is 5.02 Å². The van der Waals surface area contributed by atoms with E-state index in [4.69, 9.17) is 11.6 Å². The molecule has 5 rings (SSSR count). The van der Waals surface area contributed by atoms with Gasteiger partial charge in [-0.25, -0.2) is 13.9 Å². The van der Waals surface area contributed by atoms with E-state index in [2.05, 4.69) is 21.0 Å². The van der Waals surface area contributed by atoms with Crippen LogP contribution in [0.2, 0.25) is 5.02 Å². The molecule has 0 spiro atoms.